The average Bonchev–Trinajstić information content (AvgIpc) is 3.01. The van der Waals surface area contributed by atoms with E-state index < -0.39 is 0 Å². The highest BCUT2D eigenvalue weighted by molar-refractivity contribution is 7.99. The van der Waals surface area contributed by atoms with E-state index in [0.717, 1.165) is 24.5 Å². The number of hydrogen-bond donors (Lipinski definition) is 1. The van der Waals surface area contributed by atoms with Crippen molar-refractivity contribution in [2.45, 2.75) is 25.4 Å². The van der Waals surface area contributed by atoms with Crippen molar-refractivity contribution in [3.63, 3.8) is 0 Å². The summed E-state index contributed by atoms with van der Waals surface area (Å²) in [6.07, 6.45) is 1.21. The molecular weight excluding hydrogens is 308 g/mol. The number of aromatic nitrogens is 3. The second-order valence-corrected chi connectivity index (χ2v) is 7.31. The zero-order valence-corrected chi connectivity index (χ0v) is 14.3. The molecule has 0 unspecified atom stereocenters. The van der Waals surface area contributed by atoms with Crippen LogP contribution >= 0.6 is 11.8 Å². The molecule has 1 aromatic heterocycles. The molecule has 1 aliphatic heterocycles. The Balaban J connectivity index is 1.56. The topological polar surface area (TPSA) is 61.9 Å². The van der Waals surface area contributed by atoms with Crippen molar-refractivity contribution < 1.29 is 4.79 Å². The van der Waals surface area contributed by atoms with Crippen LogP contribution in [-0.2, 0) is 4.79 Å². The van der Waals surface area contributed by atoms with E-state index in [4.69, 9.17) is 0 Å². The van der Waals surface area contributed by atoms with E-state index in [9.17, 15) is 4.79 Å². The Kier molecular flexibility index (Phi) is 5.00. The zero-order chi connectivity index (χ0) is 16.2. The molecule has 2 aromatic rings. The first-order chi connectivity index (χ1) is 11.1. The smallest absolute Gasteiger partial charge is 0.233 e. The van der Waals surface area contributed by atoms with Crippen LogP contribution in [0.5, 0.6) is 0 Å². The van der Waals surface area contributed by atoms with Gasteiger partial charge in [-0.05, 0) is 18.3 Å². The number of aromatic amines is 1. The third kappa shape index (κ3) is 4.13. The van der Waals surface area contributed by atoms with Crippen molar-refractivity contribution >= 4 is 17.7 Å². The highest BCUT2D eigenvalue weighted by atomic mass is 32.2. The average molecular weight is 330 g/mol. The SMILES string of the molecule is C[C@@H]1C[C@H](C)CN(C(=O)CSc2n[nH]c(-c3ccccc3)n2)C1. The molecule has 122 valence electrons. The van der Waals surface area contributed by atoms with Crippen LogP contribution in [-0.4, -0.2) is 44.8 Å². The van der Waals surface area contributed by atoms with Gasteiger partial charge in [-0.3, -0.25) is 9.89 Å². The first-order valence-corrected chi connectivity index (χ1v) is 8.98. The minimum Gasteiger partial charge on any atom is -0.341 e. The first kappa shape index (κ1) is 16.1. The lowest BCUT2D eigenvalue weighted by Gasteiger charge is -2.34. The van der Waals surface area contributed by atoms with E-state index in [2.05, 4.69) is 29.0 Å². The molecule has 1 fully saturated rings. The van der Waals surface area contributed by atoms with Crippen LogP contribution in [0.25, 0.3) is 11.4 Å². The lowest BCUT2D eigenvalue weighted by molar-refractivity contribution is -0.130. The molecule has 0 saturated carbocycles. The molecule has 0 spiro atoms. The molecule has 2 atom stereocenters. The molecule has 0 aliphatic carbocycles. The Morgan fingerprint density at radius 2 is 1.96 bits per heavy atom. The number of benzene rings is 1. The van der Waals surface area contributed by atoms with Gasteiger partial charge in [-0.15, -0.1) is 5.10 Å². The van der Waals surface area contributed by atoms with E-state index >= 15 is 0 Å². The highest BCUT2D eigenvalue weighted by Gasteiger charge is 2.25. The summed E-state index contributed by atoms with van der Waals surface area (Å²) in [6, 6.07) is 9.86. The molecule has 1 aliphatic rings. The molecule has 0 bridgehead atoms. The van der Waals surface area contributed by atoms with Gasteiger partial charge in [0.1, 0.15) is 0 Å². The number of H-pyrrole nitrogens is 1. The minimum absolute atomic E-state index is 0.180. The van der Waals surface area contributed by atoms with Gasteiger partial charge in [0.15, 0.2) is 5.82 Å². The summed E-state index contributed by atoms with van der Waals surface area (Å²) in [5, 5.41) is 7.75. The molecule has 1 N–H and O–H groups in total. The lowest BCUT2D eigenvalue weighted by atomic mass is 9.92. The van der Waals surface area contributed by atoms with Gasteiger partial charge in [-0.2, -0.15) is 0 Å². The van der Waals surface area contributed by atoms with Crippen LogP contribution in [0.1, 0.15) is 20.3 Å². The Hall–Kier alpha value is -1.82. The zero-order valence-electron chi connectivity index (χ0n) is 13.5. The summed E-state index contributed by atoms with van der Waals surface area (Å²) in [5.41, 5.74) is 0.997. The predicted octanol–water partition coefficient (Wildman–Crippen LogP) is 3.07. The van der Waals surface area contributed by atoms with E-state index in [-0.39, 0.29) is 5.91 Å². The van der Waals surface area contributed by atoms with Crippen LogP contribution in [0, 0.1) is 11.8 Å². The van der Waals surface area contributed by atoms with E-state index in [1.165, 1.54) is 18.2 Å². The molecule has 1 amide bonds. The summed E-state index contributed by atoms with van der Waals surface area (Å²) >= 11 is 1.40. The molecular formula is C17H22N4OS. The van der Waals surface area contributed by atoms with Crippen molar-refractivity contribution in [1.29, 1.82) is 0 Å². The van der Waals surface area contributed by atoms with Gasteiger partial charge in [-0.1, -0.05) is 55.9 Å². The number of nitrogens with one attached hydrogen (secondary N) is 1. The molecule has 5 nitrogen and oxygen atoms in total. The largest absolute Gasteiger partial charge is 0.341 e. The van der Waals surface area contributed by atoms with Gasteiger partial charge in [0.05, 0.1) is 5.75 Å². The number of thioether (sulfide) groups is 1. The summed E-state index contributed by atoms with van der Waals surface area (Å²) in [7, 11) is 0. The number of carbonyl (C=O) groups excluding carboxylic acids is 1. The number of piperidine rings is 1. The van der Waals surface area contributed by atoms with Crippen LogP contribution in [0.15, 0.2) is 35.5 Å². The Labute approximate surface area is 140 Å². The fraction of sp³-hybridized carbons (Fsp3) is 0.471. The quantitative estimate of drug-likeness (QED) is 0.875. The van der Waals surface area contributed by atoms with Gasteiger partial charge >= 0.3 is 0 Å². The number of amides is 1. The van der Waals surface area contributed by atoms with E-state index in [1.54, 1.807) is 0 Å². The van der Waals surface area contributed by atoms with Crippen molar-refractivity contribution in [2.24, 2.45) is 11.8 Å². The van der Waals surface area contributed by atoms with Gasteiger partial charge in [-0.25, -0.2) is 4.98 Å². The number of carbonyl (C=O) groups is 1. The molecule has 1 aromatic carbocycles. The van der Waals surface area contributed by atoms with E-state index in [0.29, 0.717) is 22.7 Å². The number of hydrogen-bond acceptors (Lipinski definition) is 4. The van der Waals surface area contributed by atoms with Gasteiger partial charge in [0.25, 0.3) is 0 Å². The minimum atomic E-state index is 0.180. The van der Waals surface area contributed by atoms with Gasteiger partial charge < -0.3 is 4.90 Å². The first-order valence-electron chi connectivity index (χ1n) is 8.00. The van der Waals surface area contributed by atoms with Crippen LogP contribution in [0.2, 0.25) is 0 Å². The summed E-state index contributed by atoms with van der Waals surface area (Å²) in [4.78, 5) is 18.8. The third-order valence-corrected chi connectivity index (χ3v) is 4.89. The van der Waals surface area contributed by atoms with Gasteiger partial charge in [0, 0.05) is 18.7 Å². The van der Waals surface area contributed by atoms with Crippen LogP contribution < -0.4 is 0 Å². The monoisotopic (exact) mass is 330 g/mol. The molecule has 0 radical (unpaired) electrons. The molecule has 6 heteroatoms. The molecule has 2 heterocycles. The maximum absolute atomic E-state index is 12.4. The third-order valence-electron chi connectivity index (χ3n) is 4.06. The Bertz CT molecular complexity index is 648. The Morgan fingerprint density at radius 3 is 2.65 bits per heavy atom. The normalized spacial score (nSPS) is 21.4. The van der Waals surface area contributed by atoms with Crippen molar-refractivity contribution in [3.05, 3.63) is 30.3 Å². The molecule has 1 saturated heterocycles. The maximum atomic E-state index is 12.4. The van der Waals surface area contributed by atoms with Crippen molar-refractivity contribution in [1.82, 2.24) is 20.1 Å². The van der Waals surface area contributed by atoms with Crippen molar-refractivity contribution in [2.75, 3.05) is 18.8 Å². The maximum Gasteiger partial charge on any atom is 0.233 e. The van der Waals surface area contributed by atoms with Gasteiger partial charge in [0.2, 0.25) is 11.1 Å². The Morgan fingerprint density at radius 1 is 1.26 bits per heavy atom. The van der Waals surface area contributed by atoms with E-state index in [1.807, 2.05) is 35.2 Å². The summed E-state index contributed by atoms with van der Waals surface area (Å²) in [5.74, 6) is 2.48. The number of nitrogens with zero attached hydrogens (tertiary/aromatic N) is 3. The highest BCUT2D eigenvalue weighted by Crippen LogP contribution is 2.23. The lowest BCUT2D eigenvalue weighted by Crippen LogP contribution is -2.43. The number of rotatable bonds is 4. The standard InChI is InChI=1S/C17H22N4OS/c1-12-8-13(2)10-21(9-12)15(22)11-23-17-18-16(19-20-17)14-6-4-3-5-7-14/h3-7,12-13H,8-11H2,1-2H3,(H,18,19,20)/t12-,13+. The van der Waals surface area contributed by atoms with Crippen LogP contribution in [0.3, 0.4) is 0 Å². The summed E-state index contributed by atoms with van der Waals surface area (Å²) < 4.78 is 0. The fourth-order valence-electron chi connectivity index (χ4n) is 3.12. The summed E-state index contributed by atoms with van der Waals surface area (Å²) in [6.45, 7) is 6.16. The second kappa shape index (κ2) is 7.17. The van der Waals surface area contributed by atoms with Crippen LogP contribution in [0.4, 0.5) is 0 Å². The second-order valence-electron chi connectivity index (χ2n) is 6.37. The number of likely N-dealkylation sites (tertiary alicyclic amines) is 1. The predicted molar refractivity (Wildman–Crippen MR) is 92.1 cm³/mol. The fourth-order valence-corrected chi connectivity index (χ4v) is 3.82. The molecule has 3 rings (SSSR count). The molecule has 23 heavy (non-hydrogen) atoms. The van der Waals surface area contributed by atoms with Crippen molar-refractivity contribution in [3.8, 4) is 11.4 Å².